The van der Waals surface area contributed by atoms with E-state index in [9.17, 15) is 0 Å². The number of hydrazine groups is 1. The van der Waals surface area contributed by atoms with E-state index in [2.05, 4.69) is 10.4 Å². The van der Waals surface area contributed by atoms with Crippen molar-refractivity contribution >= 4 is 28.3 Å². The van der Waals surface area contributed by atoms with Crippen LogP contribution in [0.4, 0.5) is 5.82 Å². The van der Waals surface area contributed by atoms with Gasteiger partial charge in [0.05, 0.1) is 17.6 Å². The first kappa shape index (κ1) is 13.7. The van der Waals surface area contributed by atoms with Crippen LogP contribution in [-0.2, 0) is 0 Å². The molecule has 1 heterocycles. The van der Waals surface area contributed by atoms with Gasteiger partial charge in [-0.3, -0.25) is 0 Å². The first-order valence-corrected chi connectivity index (χ1v) is 6.81. The third-order valence-electron chi connectivity index (χ3n) is 3.31. The lowest BCUT2D eigenvalue weighted by Gasteiger charge is -2.11. The second-order valence-corrected chi connectivity index (χ2v) is 4.98. The highest BCUT2D eigenvalue weighted by Gasteiger charge is 2.11. The number of nitrogens with zero attached hydrogens (tertiary/aromatic N) is 1. The summed E-state index contributed by atoms with van der Waals surface area (Å²) >= 11 is 6.14. The Bertz CT molecular complexity index is 790. The predicted octanol–water partition coefficient (Wildman–Crippen LogP) is 3.85. The molecular weight excluding hydrogens is 286 g/mol. The molecule has 0 spiro atoms. The molecule has 3 rings (SSSR count). The molecule has 0 saturated carbocycles. The fourth-order valence-electron chi connectivity index (χ4n) is 2.28. The van der Waals surface area contributed by atoms with Crippen LogP contribution in [0.2, 0.25) is 5.02 Å². The molecule has 0 atom stereocenters. The van der Waals surface area contributed by atoms with Crippen LogP contribution < -0.4 is 16.0 Å². The maximum Gasteiger partial charge on any atom is 0.148 e. The average Bonchev–Trinajstić information content (AvgIpc) is 2.53. The number of benzene rings is 2. The molecule has 0 radical (unpaired) electrons. The number of pyridine rings is 1. The quantitative estimate of drug-likeness (QED) is 0.570. The van der Waals surface area contributed by atoms with E-state index >= 15 is 0 Å². The fraction of sp³-hybridized carbons (Fsp3) is 0.0625. The maximum absolute atomic E-state index is 6.14. The zero-order chi connectivity index (χ0) is 14.8. The van der Waals surface area contributed by atoms with Crippen LogP contribution in [0.15, 0.2) is 48.5 Å². The van der Waals surface area contributed by atoms with Crippen molar-refractivity contribution in [2.45, 2.75) is 0 Å². The monoisotopic (exact) mass is 299 g/mol. The van der Waals surface area contributed by atoms with Gasteiger partial charge in [0.25, 0.3) is 0 Å². The minimum Gasteiger partial charge on any atom is -0.495 e. The number of rotatable bonds is 3. The lowest BCUT2D eigenvalue weighted by Crippen LogP contribution is -2.10. The number of hydrogen-bond acceptors (Lipinski definition) is 4. The van der Waals surface area contributed by atoms with Crippen molar-refractivity contribution in [3.63, 3.8) is 0 Å². The number of anilines is 1. The van der Waals surface area contributed by atoms with Crippen molar-refractivity contribution in [3.8, 4) is 16.9 Å². The van der Waals surface area contributed by atoms with Gasteiger partial charge in [-0.1, -0.05) is 41.9 Å². The van der Waals surface area contributed by atoms with Crippen LogP contribution in [0.5, 0.6) is 5.75 Å². The van der Waals surface area contributed by atoms with Crippen LogP contribution >= 0.6 is 11.6 Å². The molecule has 0 aliphatic carbocycles. The van der Waals surface area contributed by atoms with Crippen LogP contribution in [0.3, 0.4) is 0 Å². The molecule has 4 nitrogen and oxygen atoms in total. The van der Waals surface area contributed by atoms with Crippen molar-refractivity contribution in [2.75, 3.05) is 12.5 Å². The summed E-state index contributed by atoms with van der Waals surface area (Å²) in [6, 6.07) is 15.6. The van der Waals surface area contributed by atoms with Gasteiger partial charge in [0.15, 0.2) is 0 Å². The Balaban J connectivity index is 2.27. The first-order valence-electron chi connectivity index (χ1n) is 6.43. The van der Waals surface area contributed by atoms with Crippen LogP contribution in [0.1, 0.15) is 0 Å². The van der Waals surface area contributed by atoms with Crippen molar-refractivity contribution in [2.24, 2.45) is 5.84 Å². The summed E-state index contributed by atoms with van der Waals surface area (Å²) in [7, 11) is 1.59. The number of nitrogens with one attached hydrogen (secondary N) is 1. The van der Waals surface area contributed by atoms with Gasteiger partial charge in [-0.25, -0.2) is 10.8 Å². The zero-order valence-electron chi connectivity index (χ0n) is 11.4. The molecule has 1 aromatic heterocycles. The van der Waals surface area contributed by atoms with Gasteiger partial charge in [-0.15, -0.1) is 0 Å². The van der Waals surface area contributed by atoms with Crippen molar-refractivity contribution in [1.29, 1.82) is 0 Å². The fourth-order valence-corrected chi connectivity index (χ4v) is 2.51. The standard InChI is InChI=1S/C16H14ClN3O/c1-21-15-8-11-7-12(10-5-3-2-4-6-10)16(20-18)19-14(11)9-13(15)17/h2-9H,18H2,1H3,(H,19,20). The normalized spacial score (nSPS) is 10.6. The number of methoxy groups -OCH3 is 1. The SMILES string of the molecule is COc1cc2cc(-c3ccccc3)c(NN)nc2cc1Cl. The van der Waals surface area contributed by atoms with Gasteiger partial charge >= 0.3 is 0 Å². The Hall–Kier alpha value is -2.30. The Labute approximate surface area is 127 Å². The van der Waals surface area contributed by atoms with Crippen molar-refractivity contribution < 1.29 is 4.74 Å². The summed E-state index contributed by atoms with van der Waals surface area (Å²) in [4.78, 5) is 4.53. The molecule has 3 N–H and O–H groups in total. The molecule has 0 fully saturated rings. The van der Waals surface area contributed by atoms with E-state index in [1.165, 1.54) is 0 Å². The average molecular weight is 300 g/mol. The van der Waals surface area contributed by atoms with Gasteiger partial charge in [-0.05, 0) is 23.8 Å². The highest BCUT2D eigenvalue weighted by atomic mass is 35.5. The molecule has 0 aliphatic heterocycles. The minimum atomic E-state index is 0.521. The summed E-state index contributed by atoms with van der Waals surface area (Å²) in [6.07, 6.45) is 0. The van der Waals surface area contributed by atoms with Crippen molar-refractivity contribution in [3.05, 3.63) is 53.6 Å². The minimum absolute atomic E-state index is 0.521. The van der Waals surface area contributed by atoms with E-state index in [1.807, 2.05) is 42.5 Å². The third kappa shape index (κ3) is 2.51. The second-order valence-electron chi connectivity index (χ2n) is 4.57. The first-order chi connectivity index (χ1) is 10.2. The topological polar surface area (TPSA) is 60.2 Å². The van der Waals surface area contributed by atoms with Gasteiger partial charge in [-0.2, -0.15) is 0 Å². The molecule has 0 saturated heterocycles. The zero-order valence-corrected chi connectivity index (χ0v) is 12.2. The molecular formula is C16H14ClN3O. The molecule has 106 valence electrons. The molecule has 0 unspecified atom stereocenters. The van der Waals surface area contributed by atoms with Crippen LogP contribution in [-0.4, -0.2) is 12.1 Å². The number of fused-ring (bicyclic) bond motifs is 1. The van der Waals surface area contributed by atoms with E-state index in [0.29, 0.717) is 16.6 Å². The summed E-state index contributed by atoms with van der Waals surface area (Å²) in [5.74, 6) is 6.83. The molecule has 0 amide bonds. The molecule has 0 bridgehead atoms. The second kappa shape index (κ2) is 5.60. The highest BCUT2D eigenvalue weighted by molar-refractivity contribution is 6.32. The molecule has 21 heavy (non-hydrogen) atoms. The van der Waals surface area contributed by atoms with Crippen molar-refractivity contribution in [1.82, 2.24) is 4.98 Å². The molecule has 5 heteroatoms. The van der Waals surface area contributed by atoms with Gasteiger partial charge < -0.3 is 10.2 Å². The summed E-state index contributed by atoms with van der Waals surface area (Å²) in [5.41, 5.74) is 5.37. The number of aromatic nitrogens is 1. The number of nitrogen functional groups attached to an aromatic ring is 1. The van der Waals surface area contributed by atoms with Gasteiger partial charge in [0, 0.05) is 10.9 Å². The molecule has 2 aromatic carbocycles. The highest BCUT2D eigenvalue weighted by Crippen LogP contribution is 2.34. The molecule has 0 aliphatic rings. The van der Waals surface area contributed by atoms with E-state index in [4.69, 9.17) is 22.2 Å². The smallest absolute Gasteiger partial charge is 0.148 e. The van der Waals surface area contributed by atoms with Gasteiger partial charge in [0.2, 0.25) is 0 Å². The van der Waals surface area contributed by atoms with E-state index < -0.39 is 0 Å². The Morgan fingerprint density at radius 1 is 1.14 bits per heavy atom. The van der Waals surface area contributed by atoms with Crippen LogP contribution in [0, 0.1) is 0 Å². The largest absolute Gasteiger partial charge is 0.495 e. The lowest BCUT2D eigenvalue weighted by molar-refractivity contribution is 0.415. The van der Waals surface area contributed by atoms with E-state index in [-0.39, 0.29) is 0 Å². The van der Waals surface area contributed by atoms with E-state index in [1.54, 1.807) is 13.2 Å². The summed E-state index contributed by atoms with van der Waals surface area (Å²) < 4.78 is 5.26. The summed E-state index contributed by atoms with van der Waals surface area (Å²) in [5, 5.41) is 1.46. The Morgan fingerprint density at radius 3 is 2.57 bits per heavy atom. The number of nitrogens with two attached hydrogens (primary N) is 1. The Kier molecular flexibility index (Phi) is 3.64. The number of halogens is 1. The summed E-state index contributed by atoms with van der Waals surface area (Å²) in [6.45, 7) is 0. The number of hydrogen-bond donors (Lipinski definition) is 2. The molecule has 3 aromatic rings. The maximum atomic E-state index is 6.14. The van der Waals surface area contributed by atoms with E-state index in [0.717, 1.165) is 22.0 Å². The number of ether oxygens (including phenoxy) is 1. The van der Waals surface area contributed by atoms with Crippen LogP contribution in [0.25, 0.3) is 22.0 Å². The predicted molar refractivity (Wildman–Crippen MR) is 86.6 cm³/mol. The lowest BCUT2D eigenvalue weighted by atomic mass is 10.0. The Morgan fingerprint density at radius 2 is 1.90 bits per heavy atom. The third-order valence-corrected chi connectivity index (χ3v) is 3.61. The van der Waals surface area contributed by atoms with Gasteiger partial charge in [0.1, 0.15) is 11.6 Å².